The molecular weight excluding hydrogens is 362 g/mol. The van der Waals surface area contributed by atoms with Gasteiger partial charge in [-0.2, -0.15) is 0 Å². The Morgan fingerprint density at radius 2 is 1.86 bits per heavy atom. The first-order chi connectivity index (χ1) is 13.9. The molecule has 0 radical (unpaired) electrons. The van der Waals surface area contributed by atoms with E-state index < -0.39 is 5.97 Å². The highest BCUT2D eigenvalue weighted by Crippen LogP contribution is 2.39. The topological polar surface area (TPSA) is 59.4 Å². The maximum Gasteiger partial charge on any atom is 0.336 e. The molecule has 2 aromatic carbocycles. The van der Waals surface area contributed by atoms with Crippen LogP contribution in [-0.4, -0.2) is 22.2 Å². The van der Waals surface area contributed by atoms with Crippen molar-refractivity contribution in [1.29, 1.82) is 0 Å². The van der Waals surface area contributed by atoms with E-state index >= 15 is 0 Å². The molecule has 148 valence electrons. The Kier molecular flexibility index (Phi) is 5.10. The van der Waals surface area contributed by atoms with E-state index in [1.807, 2.05) is 62.4 Å². The number of hydrogen-bond acceptors (Lipinski definition) is 3. The molecule has 1 aliphatic carbocycles. The predicted molar refractivity (Wildman–Crippen MR) is 116 cm³/mol. The zero-order chi connectivity index (χ0) is 20.5. The van der Waals surface area contributed by atoms with Gasteiger partial charge in [-0.25, -0.2) is 9.78 Å². The van der Waals surface area contributed by atoms with Crippen LogP contribution in [0.15, 0.2) is 48.5 Å². The van der Waals surface area contributed by atoms with Crippen molar-refractivity contribution in [3.63, 3.8) is 0 Å². The van der Waals surface area contributed by atoms with Crippen LogP contribution in [0.4, 0.5) is 0 Å². The first-order valence-corrected chi connectivity index (χ1v) is 10.1. The van der Waals surface area contributed by atoms with Crippen LogP contribution in [0.1, 0.15) is 54.4 Å². The molecule has 1 N–H and O–H groups in total. The molecule has 1 unspecified atom stereocenters. The lowest BCUT2D eigenvalue weighted by atomic mass is 9.80. The van der Waals surface area contributed by atoms with Gasteiger partial charge in [0, 0.05) is 10.9 Å². The van der Waals surface area contributed by atoms with Gasteiger partial charge < -0.3 is 9.84 Å². The third-order valence-electron chi connectivity index (χ3n) is 5.24. The van der Waals surface area contributed by atoms with E-state index in [4.69, 9.17) is 9.72 Å². The second-order valence-electron chi connectivity index (χ2n) is 8.02. The van der Waals surface area contributed by atoms with E-state index in [-0.39, 0.29) is 6.10 Å². The maximum atomic E-state index is 12.2. The molecule has 0 saturated heterocycles. The Balaban J connectivity index is 1.94. The van der Waals surface area contributed by atoms with Gasteiger partial charge in [-0.05, 0) is 62.0 Å². The number of allylic oxidation sites excluding steroid dienone is 1. The number of nitrogens with zero attached hydrogens (tertiary/aromatic N) is 1. The fourth-order valence-corrected chi connectivity index (χ4v) is 4.13. The van der Waals surface area contributed by atoms with Crippen molar-refractivity contribution >= 4 is 28.5 Å². The Bertz CT molecular complexity index is 1110. The molecule has 0 saturated carbocycles. The van der Waals surface area contributed by atoms with E-state index in [0.717, 1.165) is 46.5 Å². The van der Waals surface area contributed by atoms with Crippen LogP contribution in [0.2, 0.25) is 0 Å². The van der Waals surface area contributed by atoms with Crippen LogP contribution >= 0.6 is 0 Å². The number of carboxylic acid groups (broad SMARTS) is 1. The summed E-state index contributed by atoms with van der Waals surface area (Å²) in [7, 11) is 0. The molecule has 1 aliphatic rings. The number of carbonyl (C=O) groups is 1. The van der Waals surface area contributed by atoms with Crippen molar-refractivity contribution in [2.45, 2.75) is 39.7 Å². The maximum absolute atomic E-state index is 12.2. The Morgan fingerprint density at radius 1 is 1.14 bits per heavy atom. The molecule has 3 aromatic rings. The summed E-state index contributed by atoms with van der Waals surface area (Å²) in [6, 6.07) is 15.4. The zero-order valence-corrected chi connectivity index (χ0v) is 17.0. The molecular formula is C25H25NO3. The van der Waals surface area contributed by atoms with E-state index in [2.05, 4.69) is 13.0 Å². The van der Waals surface area contributed by atoms with Crippen molar-refractivity contribution in [2.24, 2.45) is 5.92 Å². The first-order valence-electron chi connectivity index (χ1n) is 10.1. The third kappa shape index (κ3) is 3.75. The number of para-hydroxylation sites is 2. The van der Waals surface area contributed by atoms with Crippen LogP contribution in [-0.2, 0) is 6.42 Å². The standard InChI is InChI=1S/C25H25NO3/c1-15(2)29-22-11-7-4-8-17(22)14-18-12-16(3)13-20-23(25(27)28)19-9-5-6-10-21(19)26-24(18)20/h4-11,14-16H,12-13H2,1-3H3,(H,27,28)/b18-14-. The molecule has 0 fully saturated rings. The van der Waals surface area contributed by atoms with Gasteiger partial charge in [0.1, 0.15) is 5.75 Å². The van der Waals surface area contributed by atoms with E-state index in [1.165, 1.54) is 0 Å². The van der Waals surface area contributed by atoms with Crippen molar-refractivity contribution in [2.75, 3.05) is 0 Å². The molecule has 1 aromatic heterocycles. The number of ether oxygens (including phenoxy) is 1. The normalized spacial score (nSPS) is 17.5. The number of rotatable bonds is 4. The van der Waals surface area contributed by atoms with Gasteiger partial charge in [0.25, 0.3) is 0 Å². The number of aromatic nitrogens is 1. The summed E-state index contributed by atoms with van der Waals surface area (Å²) in [6.07, 6.45) is 3.76. The molecule has 0 aliphatic heterocycles. The predicted octanol–water partition coefficient (Wildman–Crippen LogP) is 5.84. The SMILES string of the molecule is CC1C/C(=C/c2ccccc2OC(C)C)c2nc3ccccc3c(C(=O)O)c2C1. The average molecular weight is 387 g/mol. The fraction of sp³-hybridized carbons (Fsp3) is 0.280. The molecule has 0 bridgehead atoms. The Labute approximate surface area is 170 Å². The minimum Gasteiger partial charge on any atom is -0.490 e. The highest BCUT2D eigenvalue weighted by molar-refractivity contribution is 6.06. The monoisotopic (exact) mass is 387 g/mol. The van der Waals surface area contributed by atoms with Gasteiger partial charge in [0.15, 0.2) is 0 Å². The van der Waals surface area contributed by atoms with E-state index in [1.54, 1.807) is 0 Å². The smallest absolute Gasteiger partial charge is 0.336 e. The third-order valence-corrected chi connectivity index (χ3v) is 5.24. The van der Waals surface area contributed by atoms with Gasteiger partial charge in [-0.3, -0.25) is 0 Å². The van der Waals surface area contributed by atoms with Crippen LogP contribution in [0.3, 0.4) is 0 Å². The van der Waals surface area contributed by atoms with Crippen LogP contribution in [0.5, 0.6) is 5.75 Å². The van der Waals surface area contributed by atoms with Crippen molar-refractivity contribution in [3.8, 4) is 5.75 Å². The van der Waals surface area contributed by atoms with Crippen LogP contribution < -0.4 is 4.74 Å². The summed E-state index contributed by atoms with van der Waals surface area (Å²) in [4.78, 5) is 17.1. The van der Waals surface area contributed by atoms with Crippen LogP contribution in [0, 0.1) is 5.92 Å². The Hall–Kier alpha value is -3.14. The van der Waals surface area contributed by atoms with Gasteiger partial charge >= 0.3 is 5.97 Å². The number of carboxylic acids is 1. The average Bonchev–Trinajstić information content (AvgIpc) is 2.67. The molecule has 4 nitrogen and oxygen atoms in total. The molecule has 4 heteroatoms. The molecule has 4 rings (SSSR count). The molecule has 1 heterocycles. The summed E-state index contributed by atoms with van der Waals surface area (Å²) in [5, 5.41) is 10.7. The summed E-state index contributed by atoms with van der Waals surface area (Å²) in [6.45, 7) is 6.18. The second-order valence-corrected chi connectivity index (χ2v) is 8.02. The summed E-state index contributed by atoms with van der Waals surface area (Å²) in [5.41, 5.74) is 4.79. The second kappa shape index (κ2) is 7.70. The molecule has 0 amide bonds. The van der Waals surface area contributed by atoms with E-state index in [0.29, 0.717) is 16.9 Å². The van der Waals surface area contributed by atoms with Gasteiger partial charge in [0.05, 0.1) is 22.9 Å². The van der Waals surface area contributed by atoms with Crippen molar-refractivity contribution < 1.29 is 14.6 Å². The summed E-state index contributed by atoms with van der Waals surface area (Å²) in [5.74, 6) is 0.277. The number of benzene rings is 2. The van der Waals surface area contributed by atoms with Gasteiger partial charge in [0.2, 0.25) is 0 Å². The highest BCUT2D eigenvalue weighted by Gasteiger charge is 2.28. The highest BCUT2D eigenvalue weighted by atomic mass is 16.5. The Morgan fingerprint density at radius 3 is 2.62 bits per heavy atom. The number of pyridine rings is 1. The summed E-state index contributed by atoms with van der Waals surface area (Å²) < 4.78 is 5.97. The number of aromatic carboxylic acids is 1. The van der Waals surface area contributed by atoms with E-state index in [9.17, 15) is 9.90 Å². The van der Waals surface area contributed by atoms with Crippen LogP contribution in [0.25, 0.3) is 22.6 Å². The zero-order valence-electron chi connectivity index (χ0n) is 17.0. The van der Waals surface area contributed by atoms with Crippen molar-refractivity contribution in [1.82, 2.24) is 4.98 Å². The largest absolute Gasteiger partial charge is 0.490 e. The number of hydrogen-bond donors (Lipinski definition) is 1. The lowest BCUT2D eigenvalue weighted by molar-refractivity contribution is 0.0697. The fourth-order valence-electron chi connectivity index (χ4n) is 4.13. The minimum absolute atomic E-state index is 0.0767. The molecule has 1 atom stereocenters. The number of fused-ring (bicyclic) bond motifs is 2. The first kappa shape index (κ1) is 19.2. The molecule has 0 spiro atoms. The molecule has 29 heavy (non-hydrogen) atoms. The van der Waals surface area contributed by atoms with Gasteiger partial charge in [-0.15, -0.1) is 0 Å². The van der Waals surface area contributed by atoms with Crippen molar-refractivity contribution in [3.05, 3.63) is 70.9 Å². The summed E-state index contributed by atoms with van der Waals surface area (Å²) >= 11 is 0. The minimum atomic E-state index is -0.892. The van der Waals surface area contributed by atoms with Gasteiger partial charge in [-0.1, -0.05) is 43.3 Å². The quantitative estimate of drug-likeness (QED) is 0.611. The lowest BCUT2D eigenvalue weighted by Crippen LogP contribution is -2.17. The lowest BCUT2D eigenvalue weighted by Gasteiger charge is -2.26.